The van der Waals surface area contributed by atoms with Gasteiger partial charge in [0.15, 0.2) is 0 Å². The number of carbonyl (C=O) groups excluding carboxylic acids is 2. The van der Waals surface area contributed by atoms with Crippen molar-refractivity contribution in [2.24, 2.45) is 0 Å². The first-order valence-electron chi connectivity index (χ1n) is 8.26. The molecular weight excluding hydrogens is 336 g/mol. The molecule has 0 spiro atoms. The molecule has 0 aliphatic rings. The summed E-state index contributed by atoms with van der Waals surface area (Å²) in [7, 11) is 0. The zero-order valence-corrected chi connectivity index (χ0v) is 14.7. The van der Waals surface area contributed by atoms with Crippen molar-refractivity contribution in [1.29, 1.82) is 0 Å². The molecule has 2 rings (SSSR count). The van der Waals surface area contributed by atoms with Gasteiger partial charge in [-0.2, -0.15) is 0 Å². The summed E-state index contributed by atoms with van der Waals surface area (Å²) in [4.78, 5) is 34.8. The third kappa shape index (κ3) is 4.89. The van der Waals surface area contributed by atoms with Crippen LogP contribution >= 0.6 is 0 Å². The monoisotopic (exact) mass is 356 g/mol. The van der Waals surface area contributed by atoms with Crippen LogP contribution in [0, 0.1) is 17.0 Å². The van der Waals surface area contributed by atoms with Crippen molar-refractivity contribution < 1.29 is 19.2 Å². The molecule has 7 nitrogen and oxygen atoms in total. The molecule has 1 amide bonds. The Hall–Kier alpha value is -3.22. The number of amides is 1. The summed E-state index contributed by atoms with van der Waals surface area (Å²) in [5, 5.41) is 13.6. The molecule has 0 aliphatic carbocycles. The first-order chi connectivity index (χ1) is 12.4. The number of esters is 1. The lowest BCUT2D eigenvalue weighted by Gasteiger charge is -2.08. The van der Waals surface area contributed by atoms with E-state index in [2.05, 4.69) is 5.32 Å². The van der Waals surface area contributed by atoms with Crippen molar-refractivity contribution in [3.63, 3.8) is 0 Å². The quantitative estimate of drug-likeness (QED) is 0.348. The van der Waals surface area contributed by atoms with Crippen molar-refractivity contribution in [2.45, 2.75) is 26.7 Å². The highest BCUT2D eigenvalue weighted by Crippen LogP contribution is 2.20. The first kappa shape index (κ1) is 19.1. The molecule has 2 aromatic rings. The number of hydrogen-bond acceptors (Lipinski definition) is 5. The van der Waals surface area contributed by atoms with E-state index < -0.39 is 16.8 Å². The molecule has 0 aromatic heterocycles. The summed E-state index contributed by atoms with van der Waals surface area (Å²) >= 11 is 0. The number of rotatable bonds is 7. The minimum atomic E-state index is -0.529. The van der Waals surface area contributed by atoms with E-state index in [-0.39, 0.29) is 11.3 Å². The fourth-order valence-corrected chi connectivity index (χ4v) is 2.27. The third-order valence-electron chi connectivity index (χ3n) is 3.76. The van der Waals surface area contributed by atoms with Gasteiger partial charge >= 0.3 is 5.97 Å². The number of ether oxygens (including phenoxy) is 1. The second-order valence-electron chi connectivity index (χ2n) is 5.78. The van der Waals surface area contributed by atoms with E-state index in [9.17, 15) is 19.7 Å². The van der Waals surface area contributed by atoms with Crippen LogP contribution in [0.4, 0.5) is 11.4 Å². The molecule has 26 heavy (non-hydrogen) atoms. The molecular formula is C19H20N2O5. The fourth-order valence-electron chi connectivity index (χ4n) is 2.27. The minimum absolute atomic E-state index is 0.120. The Labute approximate surface area is 151 Å². The Bertz CT molecular complexity index is 832. The highest BCUT2D eigenvalue weighted by molar-refractivity contribution is 6.05. The third-order valence-corrected chi connectivity index (χ3v) is 3.76. The lowest BCUT2D eigenvalue weighted by atomic mass is 10.1. The maximum atomic E-state index is 12.3. The summed E-state index contributed by atoms with van der Waals surface area (Å²) in [5.74, 6) is -0.954. The molecule has 0 fully saturated rings. The molecule has 7 heteroatoms. The largest absolute Gasteiger partial charge is 0.462 e. The van der Waals surface area contributed by atoms with Gasteiger partial charge in [0.05, 0.1) is 17.1 Å². The number of unbranched alkanes of at least 4 members (excludes halogenated alkanes) is 1. The number of nitrogens with one attached hydrogen (secondary N) is 1. The van der Waals surface area contributed by atoms with Gasteiger partial charge in [-0.05, 0) is 37.6 Å². The van der Waals surface area contributed by atoms with Crippen LogP contribution < -0.4 is 5.32 Å². The Balaban J connectivity index is 2.12. The van der Waals surface area contributed by atoms with Crippen molar-refractivity contribution in [3.8, 4) is 0 Å². The van der Waals surface area contributed by atoms with Crippen molar-refractivity contribution in [1.82, 2.24) is 0 Å². The Morgan fingerprint density at radius 1 is 1.15 bits per heavy atom. The van der Waals surface area contributed by atoms with Gasteiger partial charge in [0.1, 0.15) is 0 Å². The van der Waals surface area contributed by atoms with Crippen molar-refractivity contribution >= 4 is 23.3 Å². The van der Waals surface area contributed by atoms with E-state index in [0.29, 0.717) is 23.4 Å². The zero-order valence-electron chi connectivity index (χ0n) is 14.7. The highest BCUT2D eigenvalue weighted by Gasteiger charge is 2.15. The van der Waals surface area contributed by atoms with Gasteiger partial charge in [-0.1, -0.05) is 25.5 Å². The molecule has 1 N–H and O–H groups in total. The van der Waals surface area contributed by atoms with E-state index in [4.69, 9.17) is 4.74 Å². The normalized spacial score (nSPS) is 10.2. The molecule has 0 heterocycles. The predicted octanol–water partition coefficient (Wildman–Crippen LogP) is 4.11. The standard InChI is InChI=1S/C19H20N2O5/c1-3-4-10-26-19(23)15-6-5-7-16(11-15)20-18(22)14-9-8-13(2)17(12-14)21(24)25/h5-9,11-12H,3-4,10H2,1-2H3,(H,20,22). The Morgan fingerprint density at radius 3 is 2.62 bits per heavy atom. The van der Waals surface area contributed by atoms with E-state index >= 15 is 0 Å². The number of benzene rings is 2. The number of nitrogens with zero attached hydrogens (tertiary/aromatic N) is 1. The topological polar surface area (TPSA) is 98.5 Å². The van der Waals surface area contributed by atoms with Crippen LogP contribution in [-0.2, 0) is 4.74 Å². The predicted molar refractivity (Wildman–Crippen MR) is 97.4 cm³/mol. The van der Waals surface area contributed by atoms with E-state index in [0.717, 1.165) is 12.8 Å². The van der Waals surface area contributed by atoms with Gasteiger partial charge in [-0.15, -0.1) is 0 Å². The average molecular weight is 356 g/mol. The smallest absolute Gasteiger partial charge is 0.338 e. The molecule has 0 saturated carbocycles. The van der Waals surface area contributed by atoms with Gasteiger partial charge in [0, 0.05) is 22.9 Å². The lowest BCUT2D eigenvalue weighted by molar-refractivity contribution is -0.385. The van der Waals surface area contributed by atoms with Gasteiger partial charge in [-0.25, -0.2) is 4.79 Å². The molecule has 136 valence electrons. The molecule has 0 atom stereocenters. The summed E-state index contributed by atoms with van der Waals surface area (Å²) in [6, 6.07) is 10.6. The Kier molecular flexibility index (Phi) is 6.43. The van der Waals surface area contributed by atoms with E-state index in [1.54, 1.807) is 25.1 Å². The van der Waals surface area contributed by atoms with Gasteiger partial charge in [0.2, 0.25) is 0 Å². The van der Waals surface area contributed by atoms with Crippen molar-refractivity contribution in [2.75, 3.05) is 11.9 Å². The molecule has 0 unspecified atom stereocenters. The van der Waals surface area contributed by atoms with Crippen LogP contribution in [0.15, 0.2) is 42.5 Å². The van der Waals surface area contributed by atoms with Crippen LogP contribution in [0.25, 0.3) is 0 Å². The number of aryl methyl sites for hydroxylation is 1. The SMILES string of the molecule is CCCCOC(=O)c1cccc(NC(=O)c2ccc(C)c([N+](=O)[O-])c2)c1. The maximum absolute atomic E-state index is 12.3. The first-order valence-corrected chi connectivity index (χ1v) is 8.26. The highest BCUT2D eigenvalue weighted by atomic mass is 16.6. The van der Waals surface area contributed by atoms with Crippen LogP contribution in [0.1, 0.15) is 46.0 Å². The van der Waals surface area contributed by atoms with Gasteiger partial charge < -0.3 is 10.1 Å². The van der Waals surface area contributed by atoms with Gasteiger partial charge in [0.25, 0.3) is 11.6 Å². The van der Waals surface area contributed by atoms with E-state index in [1.807, 2.05) is 6.92 Å². The maximum Gasteiger partial charge on any atom is 0.338 e. The molecule has 0 bridgehead atoms. The second kappa shape index (κ2) is 8.75. The van der Waals surface area contributed by atoms with E-state index in [1.165, 1.54) is 24.3 Å². The summed E-state index contributed by atoms with van der Waals surface area (Å²) < 4.78 is 5.14. The molecule has 0 aliphatic heterocycles. The summed E-state index contributed by atoms with van der Waals surface area (Å²) in [6.45, 7) is 3.95. The van der Waals surface area contributed by atoms with Gasteiger partial charge in [-0.3, -0.25) is 14.9 Å². The number of anilines is 1. The molecule has 0 saturated heterocycles. The van der Waals surface area contributed by atoms with Crippen LogP contribution in [-0.4, -0.2) is 23.4 Å². The average Bonchev–Trinajstić information content (AvgIpc) is 2.62. The molecule has 0 radical (unpaired) electrons. The summed E-state index contributed by atoms with van der Waals surface area (Å²) in [6.07, 6.45) is 1.71. The number of carbonyl (C=O) groups is 2. The fraction of sp³-hybridized carbons (Fsp3) is 0.263. The zero-order chi connectivity index (χ0) is 19.1. The second-order valence-corrected chi connectivity index (χ2v) is 5.78. The number of nitro benzene ring substituents is 1. The molecule has 2 aromatic carbocycles. The minimum Gasteiger partial charge on any atom is -0.462 e. The van der Waals surface area contributed by atoms with Crippen LogP contribution in [0.2, 0.25) is 0 Å². The Morgan fingerprint density at radius 2 is 1.92 bits per heavy atom. The summed E-state index contributed by atoms with van der Waals surface area (Å²) in [5.41, 5.74) is 1.25. The lowest BCUT2D eigenvalue weighted by Crippen LogP contribution is -2.13. The van der Waals surface area contributed by atoms with Crippen LogP contribution in [0.3, 0.4) is 0 Å². The van der Waals surface area contributed by atoms with Crippen molar-refractivity contribution in [3.05, 3.63) is 69.3 Å². The number of nitro groups is 1. The number of hydrogen-bond donors (Lipinski definition) is 1. The van der Waals surface area contributed by atoms with Crippen LogP contribution in [0.5, 0.6) is 0 Å².